The Balaban J connectivity index is 1.26. The summed E-state index contributed by atoms with van der Waals surface area (Å²) in [7, 11) is 0. The van der Waals surface area contributed by atoms with E-state index in [-0.39, 0.29) is 36.8 Å². The molecule has 2 aliphatic rings. The normalized spacial score (nSPS) is 20.2. The van der Waals surface area contributed by atoms with Crippen molar-refractivity contribution < 1.29 is 24.2 Å². The van der Waals surface area contributed by atoms with E-state index in [4.69, 9.17) is 4.74 Å². The van der Waals surface area contributed by atoms with Crippen molar-refractivity contribution in [2.75, 3.05) is 19.7 Å². The van der Waals surface area contributed by atoms with Crippen LogP contribution in [-0.4, -0.2) is 53.7 Å². The van der Waals surface area contributed by atoms with Crippen LogP contribution in [0.4, 0.5) is 4.79 Å². The van der Waals surface area contributed by atoms with Gasteiger partial charge in [0.25, 0.3) is 0 Å². The first kappa shape index (κ1) is 23.8. The second-order valence-corrected chi connectivity index (χ2v) is 9.43. The molecule has 1 fully saturated rings. The summed E-state index contributed by atoms with van der Waals surface area (Å²) < 4.78 is 5.56. The number of carboxylic acids is 1. The number of ether oxygens (including phenoxy) is 1. The maximum atomic E-state index is 12.8. The number of carboxylic acid groups (broad SMARTS) is 1. The highest BCUT2D eigenvalue weighted by Crippen LogP contribution is 2.44. The number of piperidine rings is 1. The molecule has 180 valence electrons. The van der Waals surface area contributed by atoms with Gasteiger partial charge in [-0.05, 0) is 47.9 Å². The molecule has 2 aromatic carbocycles. The third-order valence-electron chi connectivity index (χ3n) is 7.09. The Morgan fingerprint density at radius 3 is 2.32 bits per heavy atom. The van der Waals surface area contributed by atoms with Crippen molar-refractivity contribution in [2.45, 2.75) is 45.1 Å². The number of likely N-dealkylation sites (tertiary alicyclic amines) is 1. The number of carbonyl (C=O) groups is 3. The first-order chi connectivity index (χ1) is 16.4. The van der Waals surface area contributed by atoms with Gasteiger partial charge in [-0.15, -0.1) is 0 Å². The summed E-state index contributed by atoms with van der Waals surface area (Å²) in [6.45, 7) is 4.83. The molecule has 0 spiro atoms. The molecule has 1 aliphatic heterocycles. The van der Waals surface area contributed by atoms with Crippen molar-refractivity contribution in [3.63, 3.8) is 0 Å². The number of rotatable bonds is 7. The summed E-state index contributed by atoms with van der Waals surface area (Å²) in [4.78, 5) is 38.2. The first-order valence-electron chi connectivity index (χ1n) is 12.0. The Kier molecular flexibility index (Phi) is 7.20. The molecular formula is C27H32N2O5. The number of nitrogens with one attached hydrogen (secondary N) is 1. The van der Waals surface area contributed by atoms with Gasteiger partial charge in [0, 0.05) is 31.5 Å². The molecule has 1 heterocycles. The van der Waals surface area contributed by atoms with Gasteiger partial charge in [0.2, 0.25) is 5.91 Å². The van der Waals surface area contributed by atoms with E-state index in [1.54, 1.807) is 11.8 Å². The molecule has 1 saturated heterocycles. The number of nitrogens with zero attached hydrogens (tertiary/aromatic N) is 1. The average molecular weight is 465 g/mol. The SMILES string of the molecule is CC(CNC(=O)OCC1c2ccccc2-c2ccccc21)CC(=O)N1CCC[C@H](C(=O)O)[C@@H]1C. The van der Waals surface area contributed by atoms with Crippen molar-refractivity contribution in [2.24, 2.45) is 11.8 Å². The molecule has 2 aromatic rings. The highest BCUT2D eigenvalue weighted by atomic mass is 16.5. The minimum atomic E-state index is -0.852. The fourth-order valence-electron chi connectivity index (χ4n) is 5.22. The maximum Gasteiger partial charge on any atom is 0.407 e. The summed E-state index contributed by atoms with van der Waals surface area (Å²) in [5.41, 5.74) is 4.67. The maximum absolute atomic E-state index is 12.8. The summed E-state index contributed by atoms with van der Waals surface area (Å²) in [5, 5.41) is 12.1. The lowest BCUT2D eigenvalue weighted by molar-refractivity contribution is -0.149. The van der Waals surface area contributed by atoms with Crippen LogP contribution in [0.15, 0.2) is 48.5 Å². The Morgan fingerprint density at radius 2 is 1.71 bits per heavy atom. The third-order valence-corrected chi connectivity index (χ3v) is 7.09. The summed E-state index contributed by atoms with van der Waals surface area (Å²) in [5.74, 6) is -1.53. The number of amides is 2. The molecule has 7 heteroatoms. The van der Waals surface area contributed by atoms with Gasteiger partial charge in [0.1, 0.15) is 6.61 Å². The Hall–Kier alpha value is -3.35. The van der Waals surface area contributed by atoms with E-state index in [0.717, 1.165) is 11.1 Å². The van der Waals surface area contributed by atoms with Crippen LogP contribution in [0.5, 0.6) is 0 Å². The quantitative estimate of drug-likeness (QED) is 0.638. The number of carbonyl (C=O) groups excluding carboxylic acids is 2. The fraction of sp³-hybridized carbons (Fsp3) is 0.444. The monoisotopic (exact) mass is 464 g/mol. The predicted octanol–water partition coefficient (Wildman–Crippen LogP) is 4.26. The number of benzene rings is 2. The zero-order chi connectivity index (χ0) is 24.2. The van der Waals surface area contributed by atoms with Crippen LogP contribution in [0.1, 0.15) is 50.2 Å². The Bertz CT molecular complexity index is 1020. The van der Waals surface area contributed by atoms with Crippen LogP contribution in [0, 0.1) is 11.8 Å². The smallest absolute Gasteiger partial charge is 0.407 e. The van der Waals surface area contributed by atoms with Crippen molar-refractivity contribution in [3.05, 3.63) is 59.7 Å². The van der Waals surface area contributed by atoms with E-state index in [9.17, 15) is 19.5 Å². The number of hydrogen-bond donors (Lipinski definition) is 2. The predicted molar refractivity (Wildman–Crippen MR) is 128 cm³/mol. The minimum absolute atomic E-state index is 0.0000728. The zero-order valence-corrected chi connectivity index (χ0v) is 19.7. The number of aliphatic carboxylic acids is 1. The van der Waals surface area contributed by atoms with Gasteiger partial charge in [-0.25, -0.2) is 4.79 Å². The van der Waals surface area contributed by atoms with Gasteiger partial charge in [-0.1, -0.05) is 55.5 Å². The average Bonchev–Trinajstić information content (AvgIpc) is 3.15. The van der Waals surface area contributed by atoms with Crippen LogP contribution in [-0.2, 0) is 14.3 Å². The number of hydrogen-bond acceptors (Lipinski definition) is 4. The first-order valence-corrected chi connectivity index (χ1v) is 12.0. The van der Waals surface area contributed by atoms with Crippen LogP contribution < -0.4 is 5.32 Å². The largest absolute Gasteiger partial charge is 0.481 e. The molecule has 1 unspecified atom stereocenters. The van der Waals surface area contributed by atoms with Crippen molar-refractivity contribution in [1.82, 2.24) is 10.2 Å². The van der Waals surface area contributed by atoms with E-state index in [2.05, 4.69) is 29.6 Å². The van der Waals surface area contributed by atoms with Crippen LogP contribution >= 0.6 is 0 Å². The highest BCUT2D eigenvalue weighted by Gasteiger charge is 2.35. The lowest BCUT2D eigenvalue weighted by Gasteiger charge is -2.38. The van der Waals surface area contributed by atoms with E-state index in [1.165, 1.54) is 11.1 Å². The second-order valence-electron chi connectivity index (χ2n) is 9.43. The lowest BCUT2D eigenvalue weighted by atomic mass is 9.89. The second kappa shape index (κ2) is 10.3. The molecule has 4 rings (SSSR count). The molecule has 34 heavy (non-hydrogen) atoms. The van der Waals surface area contributed by atoms with Gasteiger partial charge in [0.15, 0.2) is 0 Å². The summed E-state index contributed by atoms with van der Waals surface area (Å²) in [6.07, 6.45) is 1.04. The molecule has 0 radical (unpaired) electrons. The summed E-state index contributed by atoms with van der Waals surface area (Å²) >= 11 is 0. The molecule has 2 N–H and O–H groups in total. The Labute approximate surface area is 200 Å². The van der Waals surface area contributed by atoms with Gasteiger partial charge >= 0.3 is 12.1 Å². The van der Waals surface area contributed by atoms with Crippen molar-refractivity contribution >= 4 is 18.0 Å². The molecule has 2 amide bonds. The summed E-state index contributed by atoms with van der Waals surface area (Å²) in [6, 6.07) is 16.0. The zero-order valence-electron chi connectivity index (χ0n) is 19.7. The topological polar surface area (TPSA) is 95.9 Å². The van der Waals surface area contributed by atoms with E-state index < -0.39 is 18.0 Å². The Morgan fingerprint density at radius 1 is 1.09 bits per heavy atom. The highest BCUT2D eigenvalue weighted by molar-refractivity contribution is 5.80. The van der Waals surface area contributed by atoms with Gasteiger partial charge in [-0.2, -0.15) is 0 Å². The number of fused-ring (bicyclic) bond motifs is 3. The minimum Gasteiger partial charge on any atom is -0.481 e. The number of alkyl carbamates (subject to hydrolysis) is 1. The van der Waals surface area contributed by atoms with Gasteiger partial charge in [-0.3, -0.25) is 9.59 Å². The van der Waals surface area contributed by atoms with Gasteiger partial charge < -0.3 is 20.1 Å². The molecule has 0 bridgehead atoms. The molecule has 0 aromatic heterocycles. The van der Waals surface area contributed by atoms with Crippen LogP contribution in [0.25, 0.3) is 11.1 Å². The lowest BCUT2D eigenvalue weighted by Crippen LogP contribution is -2.49. The van der Waals surface area contributed by atoms with Crippen LogP contribution in [0.2, 0.25) is 0 Å². The fourth-order valence-corrected chi connectivity index (χ4v) is 5.22. The molecular weight excluding hydrogens is 432 g/mol. The van der Waals surface area contributed by atoms with Gasteiger partial charge in [0.05, 0.1) is 5.92 Å². The standard InChI is InChI=1S/C27H32N2O5/c1-17(14-25(30)29-13-7-12-19(18(29)2)26(31)32)15-28-27(33)34-16-24-22-10-5-3-8-20(22)21-9-4-6-11-23(21)24/h3-6,8-11,17-19,24H,7,12-16H2,1-2H3,(H,28,33)(H,31,32)/t17?,18-,19-/m0/s1. The van der Waals surface area contributed by atoms with E-state index in [0.29, 0.717) is 25.9 Å². The third kappa shape index (κ3) is 4.93. The van der Waals surface area contributed by atoms with Crippen molar-refractivity contribution in [1.29, 1.82) is 0 Å². The molecule has 1 aliphatic carbocycles. The van der Waals surface area contributed by atoms with Crippen molar-refractivity contribution in [3.8, 4) is 11.1 Å². The van der Waals surface area contributed by atoms with Crippen LogP contribution in [0.3, 0.4) is 0 Å². The molecule has 0 saturated carbocycles. The van der Waals surface area contributed by atoms with E-state index in [1.807, 2.05) is 31.2 Å². The van der Waals surface area contributed by atoms with E-state index >= 15 is 0 Å². The molecule has 7 nitrogen and oxygen atoms in total. The molecule has 3 atom stereocenters.